The smallest absolute Gasteiger partial charge is 0.344 e. The van der Waals surface area contributed by atoms with Crippen LogP contribution in [0.3, 0.4) is 0 Å². The van der Waals surface area contributed by atoms with Gasteiger partial charge < -0.3 is 9.47 Å². The molecule has 5 saturated carbocycles. The number of carbonyl (C=O) groups is 2. The van der Waals surface area contributed by atoms with Gasteiger partial charge in [0.1, 0.15) is 5.60 Å². The molecule has 0 aromatic heterocycles. The van der Waals surface area contributed by atoms with Gasteiger partial charge in [0.2, 0.25) is 0 Å². The maximum absolute atomic E-state index is 12.8. The first kappa shape index (κ1) is 20.0. The van der Waals surface area contributed by atoms with Crippen LogP contribution in [-0.4, -0.2) is 24.1 Å². The molecule has 5 aliphatic carbocycles. The fraction of sp³-hybridized carbons (Fsp3) is 0.833. The Bertz CT molecular complexity index is 642. The molecule has 5 fully saturated rings. The highest BCUT2D eigenvalue weighted by molar-refractivity contribution is 5.88. The molecule has 156 valence electrons. The summed E-state index contributed by atoms with van der Waals surface area (Å²) in [4.78, 5) is 24.5. The van der Waals surface area contributed by atoms with Crippen molar-refractivity contribution in [1.82, 2.24) is 0 Å². The van der Waals surface area contributed by atoms with Crippen LogP contribution in [-0.2, 0) is 19.1 Å². The lowest BCUT2D eigenvalue weighted by atomic mass is 9.42. The zero-order valence-corrected chi connectivity index (χ0v) is 17.8. The lowest BCUT2D eigenvalue weighted by molar-refractivity contribution is -0.248. The van der Waals surface area contributed by atoms with E-state index in [0.29, 0.717) is 28.7 Å². The highest BCUT2D eigenvalue weighted by Gasteiger charge is 2.65. The molecule has 4 bridgehead atoms. The number of hydrogen-bond donors (Lipinski definition) is 0. The molecule has 2 unspecified atom stereocenters. The Morgan fingerprint density at radius 3 is 2.14 bits per heavy atom. The van der Waals surface area contributed by atoms with Gasteiger partial charge >= 0.3 is 11.9 Å². The predicted molar refractivity (Wildman–Crippen MR) is 107 cm³/mol. The van der Waals surface area contributed by atoms with Crippen LogP contribution in [0.5, 0.6) is 0 Å². The molecule has 0 aromatic rings. The Hall–Kier alpha value is -1.32. The second kappa shape index (κ2) is 7.18. The van der Waals surface area contributed by atoms with E-state index in [1.807, 2.05) is 0 Å². The summed E-state index contributed by atoms with van der Waals surface area (Å²) in [5.41, 5.74) is 0.413. The number of esters is 2. The van der Waals surface area contributed by atoms with Crippen molar-refractivity contribution in [3.8, 4) is 0 Å². The molecule has 0 aromatic carbocycles. The fourth-order valence-corrected chi connectivity index (χ4v) is 7.49. The first-order valence-corrected chi connectivity index (χ1v) is 11.3. The van der Waals surface area contributed by atoms with Gasteiger partial charge in [0, 0.05) is 17.4 Å². The molecule has 5 rings (SSSR count). The molecule has 4 nitrogen and oxygen atoms in total. The van der Waals surface area contributed by atoms with Gasteiger partial charge in [0.25, 0.3) is 0 Å². The van der Waals surface area contributed by atoms with E-state index >= 15 is 0 Å². The third-order valence-electron chi connectivity index (χ3n) is 8.39. The molecule has 5 aliphatic rings. The lowest BCUT2D eigenvalue weighted by Gasteiger charge is -2.66. The topological polar surface area (TPSA) is 52.6 Å². The van der Waals surface area contributed by atoms with Crippen molar-refractivity contribution >= 4 is 11.9 Å². The summed E-state index contributed by atoms with van der Waals surface area (Å²) in [5, 5.41) is 0. The SMILES string of the molecule is C=C(C)C(=O)OCC(=O)OC1(C2CCC(C)CC2)C2CC3CC1CC(C)(C3)C2. The largest absolute Gasteiger partial charge is 0.456 e. The molecule has 0 saturated heterocycles. The number of rotatable bonds is 5. The van der Waals surface area contributed by atoms with E-state index in [1.165, 1.54) is 44.9 Å². The second-order valence-electron chi connectivity index (χ2n) is 10.8. The summed E-state index contributed by atoms with van der Waals surface area (Å²) in [6.45, 7) is 9.67. The monoisotopic (exact) mass is 388 g/mol. The van der Waals surface area contributed by atoms with Crippen LogP contribution in [0.4, 0.5) is 0 Å². The summed E-state index contributed by atoms with van der Waals surface area (Å²) in [6, 6.07) is 0. The molecule has 0 N–H and O–H groups in total. The van der Waals surface area contributed by atoms with Gasteiger partial charge in [-0.25, -0.2) is 9.59 Å². The minimum Gasteiger partial charge on any atom is -0.456 e. The molecular formula is C24H36O4. The first-order valence-electron chi connectivity index (χ1n) is 11.3. The Morgan fingerprint density at radius 1 is 1.00 bits per heavy atom. The van der Waals surface area contributed by atoms with Crippen molar-refractivity contribution in [2.24, 2.45) is 35.0 Å². The number of carbonyl (C=O) groups excluding carboxylic acids is 2. The molecule has 28 heavy (non-hydrogen) atoms. The van der Waals surface area contributed by atoms with E-state index < -0.39 is 5.97 Å². The van der Waals surface area contributed by atoms with Gasteiger partial charge in [-0.3, -0.25) is 0 Å². The molecule has 0 amide bonds. The summed E-state index contributed by atoms with van der Waals surface area (Å²) in [6.07, 6.45) is 10.9. The minimum atomic E-state index is -0.518. The fourth-order valence-electron chi connectivity index (χ4n) is 7.49. The normalized spacial score (nSPS) is 44.2. The van der Waals surface area contributed by atoms with Crippen molar-refractivity contribution < 1.29 is 19.1 Å². The van der Waals surface area contributed by atoms with Gasteiger partial charge in [0.15, 0.2) is 6.61 Å². The molecule has 0 heterocycles. The average Bonchev–Trinajstić information content (AvgIpc) is 2.62. The summed E-state index contributed by atoms with van der Waals surface area (Å²) in [7, 11) is 0. The van der Waals surface area contributed by atoms with E-state index in [2.05, 4.69) is 20.4 Å². The van der Waals surface area contributed by atoms with Crippen LogP contribution in [0.1, 0.15) is 78.6 Å². The molecule has 4 heteroatoms. The zero-order chi connectivity index (χ0) is 20.1. The number of ether oxygens (including phenoxy) is 2. The number of hydrogen-bond acceptors (Lipinski definition) is 4. The van der Waals surface area contributed by atoms with Gasteiger partial charge in [-0.15, -0.1) is 0 Å². The maximum Gasteiger partial charge on any atom is 0.344 e. The average molecular weight is 389 g/mol. The maximum atomic E-state index is 12.8. The van der Waals surface area contributed by atoms with Crippen LogP contribution in [0, 0.1) is 35.0 Å². The highest BCUT2D eigenvalue weighted by Crippen LogP contribution is 2.67. The van der Waals surface area contributed by atoms with E-state index in [-0.39, 0.29) is 18.2 Å². The molecule has 0 spiro atoms. The Morgan fingerprint density at radius 2 is 1.61 bits per heavy atom. The van der Waals surface area contributed by atoms with Gasteiger partial charge in [-0.05, 0) is 75.0 Å². The van der Waals surface area contributed by atoms with Crippen molar-refractivity contribution in [3.63, 3.8) is 0 Å². The Kier molecular flexibility index (Phi) is 5.12. The van der Waals surface area contributed by atoms with E-state index in [0.717, 1.165) is 24.7 Å². The van der Waals surface area contributed by atoms with E-state index in [4.69, 9.17) is 9.47 Å². The Labute approximate surface area is 169 Å². The van der Waals surface area contributed by atoms with Crippen LogP contribution in [0.2, 0.25) is 0 Å². The van der Waals surface area contributed by atoms with Crippen LogP contribution in [0.15, 0.2) is 12.2 Å². The second-order valence-corrected chi connectivity index (χ2v) is 10.8. The van der Waals surface area contributed by atoms with Crippen molar-refractivity contribution in [3.05, 3.63) is 12.2 Å². The van der Waals surface area contributed by atoms with Crippen LogP contribution >= 0.6 is 0 Å². The van der Waals surface area contributed by atoms with Crippen LogP contribution < -0.4 is 0 Å². The zero-order valence-electron chi connectivity index (χ0n) is 17.8. The quantitative estimate of drug-likeness (QED) is 0.488. The third-order valence-corrected chi connectivity index (χ3v) is 8.39. The molecule has 2 atom stereocenters. The molecule has 0 aliphatic heterocycles. The summed E-state index contributed by atoms with van der Waals surface area (Å²) in [5.74, 6) is 2.10. The van der Waals surface area contributed by atoms with E-state index in [9.17, 15) is 9.59 Å². The van der Waals surface area contributed by atoms with Crippen LogP contribution in [0.25, 0.3) is 0 Å². The summed E-state index contributed by atoms with van der Waals surface area (Å²) >= 11 is 0. The predicted octanol–water partition coefficient (Wildman–Crippen LogP) is 5.06. The summed E-state index contributed by atoms with van der Waals surface area (Å²) < 4.78 is 11.5. The standard InChI is InChI=1S/C24H36O4/c1-15(2)22(26)27-14-21(25)28-24(18-7-5-16(3)6-8-18)19-9-17-10-20(24)13-23(4,11-17)12-19/h16-20H,1,5-14H2,2-4H3. The minimum absolute atomic E-state index is 0.295. The van der Waals surface area contributed by atoms with Gasteiger partial charge in [0.05, 0.1) is 0 Å². The molecule has 0 radical (unpaired) electrons. The lowest BCUT2D eigenvalue weighted by Crippen LogP contribution is -2.65. The van der Waals surface area contributed by atoms with E-state index in [1.54, 1.807) is 6.92 Å². The van der Waals surface area contributed by atoms with Crippen molar-refractivity contribution in [2.75, 3.05) is 6.61 Å². The molecular weight excluding hydrogens is 352 g/mol. The first-order chi connectivity index (χ1) is 13.2. The van der Waals surface area contributed by atoms with Crippen molar-refractivity contribution in [1.29, 1.82) is 0 Å². The highest BCUT2D eigenvalue weighted by atomic mass is 16.6. The third kappa shape index (κ3) is 3.41. The van der Waals surface area contributed by atoms with Crippen molar-refractivity contribution in [2.45, 2.75) is 84.2 Å². The van der Waals surface area contributed by atoms with Gasteiger partial charge in [-0.2, -0.15) is 0 Å². The van der Waals surface area contributed by atoms with Gasteiger partial charge in [-0.1, -0.05) is 33.3 Å². The Balaban J connectivity index is 1.56.